The molecule has 2 N–H and O–H groups in total. The number of nitrogens with one attached hydrogen (secondary N) is 1. The van der Waals surface area contributed by atoms with Crippen LogP contribution in [0.15, 0.2) is 67.0 Å². The van der Waals surface area contributed by atoms with Gasteiger partial charge in [0, 0.05) is 37.0 Å². The monoisotopic (exact) mass is 497 g/mol. The van der Waals surface area contributed by atoms with Gasteiger partial charge in [-0.1, -0.05) is 30.3 Å². The second-order valence-corrected chi connectivity index (χ2v) is 10.1. The molecule has 1 aliphatic carbocycles. The van der Waals surface area contributed by atoms with Crippen LogP contribution in [0.4, 0.5) is 10.1 Å². The van der Waals surface area contributed by atoms with Crippen molar-refractivity contribution in [2.75, 3.05) is 11.4 Å². The molecule has 0 atom stereocenters. The molecule has 37 heavy (non-hydrogen) atoms. The van der Waals surface area contributed by atoms with Crippen molar-refractivity contribution in [2.24, 2.45) is 7.05 Å². The summed E-state index contributed by atoms with van der Waals surface area (Å²) in [4.78, 5) is 15.2. The first kappa shape index (κ1) is 23.5. The lowest BCUT2D eigenvalue weighted by molar-refractivity contribution is -0.0314. The quantitative estimate of drug-likeness (QED) is 0.394. The fourth-order valence-corrected chi connectivity index (χ4v) is 5.19. The van der Waals surface area contributed by atoms with Crippen molar-refractivity contribution in [3.8, 4) is 22.5 Å². The number of amides is 1. The molecule has 1 aromatic heterocycles. The van der Waals surface area contributed by atoms with Gasteiger partial charge in [-0.3, -0.25) is 4.79 Å². The van der Waals surface area contributed by atoms with Crippen LogP contribution in [0.25, 0.3) is 22.5 Å². The Hall–Kier alpha value is -3.88. The highest BCUT2D eigenvalue weighted by Gasteiger charge is 2.34. The van der Waals surface area contributed by atoms with Crippen LogP contribution in [-0.4, -0.2) is 37.9 Å². The van der Waals surface area contributed by atoms with Crippen molar-refractivity contribution in [3.05, 3.63) is 89.5 Å². The summed E-state index contributed by atoms with van der Waals surface area (Å²) in [5, 5.41) is 21.7. The van der Waals surface area contributed by atoms with Crippen molar-refractivity contribution in [1.29, 1.82) is 0 Å². The third kappa shape index (κ3) is 4.43. The predicted molar refractivity (Wildman–Crippen MR) is 139 cm³/mol. The van der Waals surface area contributed by atoms with E-state index in [-0.39, 0.29) is 11.7 Å². The van der Waals surface area contributed by atoms with Crippen LogP contribution in [0.3, 0.4) is 0 Å². The van der Waals surface area contributed by atoms with Gasteiger partial charge in [0.05, 0.1) is 12.1 Å². The van der Waals surface area contributed by atoms with E-state index in [9.17, 15) is 14.3 Å². The van der Waals surface area contributed by atoms with Gasteiger partial charge < -0.3 is 19.9 Å². The van der Waals surface area contributed by atoms with E-state index in [0.29, 0.717) is 36.6 Å². The van der Waals surface area contributed by atoms with Gasteiger partial charge >= 0.3 is 0 Å². The van der Waals surface area contributed by atoms with Gasteiger partial charge in [-0.15, -0.1) is 10.2 Å². The number of hydrogen-bond acceptors (Lipinski definition) is 5. The van der Waals surface area contributed by atoms with E-state index in [1.165, 1.54) is 12.1 Å². The van der Waals surface area contributed by atoms with Crippen molar-refractivity contribution in [2.45, 2.75) is 38.0 Å². The highest BCUT2D eigenvalue weighted by atomic mass is 19.1. The highest BCUT2D eigenvalue weighted by Crippen LogP contribution is 2.36. The Morgan fingerprint density at radius 1 is 1.05 bits per heavy atom. The van der Waals surface area contributed by atoms with E-state index in [2.05, 4.69) is 15.5 Å². The fraction of sp³-hybridized carbons (Fsp3) is 0.276. The van der Waals surface area contributed by atoms with Crippen molar-refractivity contribution in [1.82, 2.24) is 20.1 Å². The maximum Gasteiger partial charge on any atom is 0.258 e. The van der Waals surface area contributed by atoms with Crippen LogP contribution in [0.1, 0.15) is 40.7 Å². The lowest BCUT2D eigenvalue weighted by Crippen LogP contribution is -2.45. The maximum absolute atomic E-state index is 14.2. The molecule has 8 heteroatoms. The second-order valence-electron chi connectivity index (χ2n) is 10.1. The van der Waals surface area contributed by atoms with E-state index >= 15 is 0 Å². The lowest BCUT2D eigenvalue weighted by Gasteiger charge is -2.36. The molecule has 1 aliphatic heterocycles. The van der Waals surface area contributed by atoms with Crippen molar-refractivity contribution in [3.63, 3.8) is 0 Å². The maximum atomic E-state index is 14.2. The Labute approximate surface area is 214 Å². The average molecular weight is 498 g/mol. The van der Waals surface area contributed by atoms with Crippen LogP contribution in [0.5, 0.6) is 0 Å². The Bertz CT molecular complexity index is 1490. The Morgan fingerprint density at radius 3 is 2.68 bits per heavy atom. The summed E-state index contributed by atoms with van der Waals surface area (Å²) in [5.74, 6) is 0.171. The van der Waals surface area contributed by atoms with Gasteiger partial charge in [-0.05, 0) is 71.8 Å². The van der Waals surface area contributed by atoms with Crippen LogP contribution in [-0.2, 0) is 20.1 Å². The first-order chi connectivity index (χ1) is 17.9. The fourth-order valence-electron chi connectivity index (χ4n) is 5.19. The van der Waals surface area contributed by atoms with Crippen LogP contribution < -0.4 is 10.2 Å². The number of benzene rings is 3. The predicted octanol–water partition coefficient (Wildman–Crippen LogP) is 4.45. The molecule has 4 aromatic rings. The first-order valence-electron chi connectivity index (χ1n) is 12.5. The van der Waals surface area contributed by atoms with Crippen LogP contribution in [0, 0.1) is 5.82 Å². The molecule has 188 valence electrons. The number of aromatic nitrogens is 3. The SMILES string of the molecule is Cn1cnnc1-c1cc(F)ccc1-c1cccc(N2Cc3ccc(CNCC4(O)CCC4)cc3C2=O)c1. The molecular formula is C29H28FN5O2. The molecule has 2 aliphatic rings. The number of carbonyl (C=O) groups is 1. The molecule has 0 unspecified atom stereocenters. The van der Waals surface area contributed by atoms with Gasteiger partial charge in [-0.2, -0.15) is 0 Å². The largest absolute Gasteiger partial charge is 0.389 e. The zero-order chi connectivity index (χ0) is 25.6. The minimum Gasteiger partial charge on any atom is -0.389 e. The standard InChI is InChI=1S/C29H28FN5O2/c1-34-18-32-33-27(34)26-14-22(30)8-9-24(26)20-4-2-5-23(13-20)35-16-21-7-6-19(12-25(21)28(35)36)15-31-17-29(37)10-3-11-29/h2,4-9,12-14,18,31,37H,3,10-11,15-17H2,1H3. The van der Waals surface area contributed by atoms with Gasteiger partial charge in [0.1, 0.15) is 12.1 Å². The smallest absolute Gasteiger partial charge is 0.258 e. The summed E-state index contributed by atoms with van der Waals surface area (Å²) in [6.07, 6.45) is 4.34. The molecule has 0 spiro atoms. The van der Waals surface area contributed by atoms with Crippen LogP contribution in [0.2, 0.25) is 0 Å². The van der Waals surface area contributed by atoms with E-state index in [1.807, 2.05) is 49.5 Å². The summed E-state index contributed by atoms with van der Waals surface area (Å²) < 4.78 is 15.9. The Balaban J connectivity index is 1.25. The number of hydrogen-bond donors (Lipinski definition) is 2. The number of aliphatic hydroxyl groups is 1. The van der Waals surface area contributed by atoms with Gasteiger partial charge in [0.2, 0.25) is 0 Å². The number of carbonyl (C=O) groups excluding carboxylic acids is 1. The summed E-state index contributed by atoms with van der Waals surface area (Å²) in [5.41, 5.74) is 5.21. The number of nitrogens with zero attached hydrogens (tertiary/aromatic N) is 4. The number of halogens is 1. The number of anilines is 1. The van der Waals surface area contributed by atoms with Gasteiger partial charge in [0.25, 0.3) is 5.91 Å². The summed E-state index contributed by atoms with van der Waals surface area (Å²) in [6.45, 7) is 1.66. The summed E-state index contributed by atoms with van der Waals surface area (Å²) in [7, 11) is 1.82. The van der Waals surface area contributed by atoms with E-state index in [1.54, 1.807) is 21.9 Å². The molecule has 7 nitrogen and oxygen atoms in total. The Morgan fingerprint density at radius 2 is 1.92 bits per heavy atom. The first-order valence-corrected chi connectivity index (χ1v) is 12.5. The van der Waals surface area contributed by atoms with Crippen molar-refractivity contribution >= 4 is 11.6 Å². The third-order valence-corrected chi connectivity index (χ3v) is 7.45. The van der Waals surface area contributed by atoms with Gasteiger partial charge in [0.15, 0.2) is 5.82 Å². The number of aryl methyl sites for hydroxylation is 1. The van der Waals surface area contributed by atoms with E-state index < -0.39 is 5.60 Å². The normalized spacial score (nSPS) is 16.1. The second kappa shape index (κ2) is 9.21. The molecule has 1 fully saturated rings. The summed E-state index contributed by atoms with van der Waals surface area (Å²) in [6, 6.07) is 18.4. The Kier molecular flexibility index (Phi) is 5.85. The number of fused-ring (bicyclic) bond motifs is 1. The zero-order valence-corrected chi connectivity index (χ0v) is 20.6. The molecule has 2 heterocycles. The highest BCUT2D eigenvalue weighted by molar-refractivity contribution is 6.10. The molecule has 6 rings (SSSR count). The summed E-state index contributed by atoms with van der Waals surface area (Å²) >= 11 is 0. The average Bonchev–Trinajstić information content (AvgIpc) is 3.46. The third-order valence-electron chi connectivity index (χ3n) is 7.45. The molecule has 0 radical (unpaired) electrons. The molecule has 1 amide bonds. The molecule has 0 saturated heterocycles. The lowest BCUT2D eigenvalue weighted by atomic mass is 9.80. The van der Waals surface area contributed by atoms with E-state index in [4.69, 9.17) is 0 Å². The molecular weight excluding hydrogens is 469 g/mol. The molecule has 1 saturated carbocycles. The minimum atomic E-state index is -0.578. The van der Waals surface area contributed by atoms with Crippen LogP contribution >= 0.6 is 0 Å². The minimum absolute atomic E-state index is 0.0424. The van der Waals surface area contributed by atoms with E-state index in [0.717, 1.165) is 47.2 Å². The van der Waals surface area contributed by atoms with Gasteiger partial charge in [-0.25, -0.2) is 4.39 Å². The molecule has 0 bridgehead atoms. The zero-order valence-electron chi connectivity index (χ0n) is 20.6. The molecule has 3 aromatic carbocycles. The van der Waals surface area contributed by atoms with Crippen molar-refractivity contribution < 1.29 is 14.3 Å². The topological polar surface area (TPSA) is 83.3 Å². The number of rotatable bonds is 7.